The van der Waals surface area contributed by atoms with Gasteiger partial charge in [0.2, 0.25) is 0 Å². The molecule has 0 radical (unpaired) electrons. The third-order valence-electron chi connectivity index (χ3n) is 2.32. The van der Waals surface area contributed by atoms with Crippen molar-refractivity contribution in [1.82, 2.24) is 5.32 Å². The largest absolute Gasteiger partial charge is 0.310 e. The molecule has 1 saturated heterocycles. The van der Waals surface area contributed by atoms with Crippen LogP contribution in [0.15, 0.2) is 11.6 Å². The molecule has 0 spiro atoms. The first-order valence-corrected chi connectivity index (χ1v) is 6.29. The minimum Gasteiger partial charge on any atom is -0.310 e. The summed E-state index contributed by atoms with van der Waals surface area (Å²) in [6.45, 7) is 7.63. The zero-order valence-corrected chi connectivity index (χ0v) is 9.79. The Balaban J connectivity index is 2.50. The maximum absolute atomic E-state index is 3.56. The molecule has 1 rings (SSSR count). The minimum atomic E-state index is 0.600. The van der Waals surface area contributed by atoms with E-state index in [1.807, 2.05) is 0 Å². The van der Waals surface area contributed by atoms with Crippen molar-refractivity contribution in [3.8, 4) is 0 Å². The Kier molecular flexibility index (Phi) is 4.89. The second kappa shape index (κ2) is 5.71. The van der Waals surface area contributed by atoms with Gasteiger partial charge in [-0.05, 0) is 39.0 Å². The number of rotatable bonds is 4. The molecule has 2 unspecified atom stereocenters. The van der Waals surface area contributed by atoms with E-state index >= 15 is 0 Å². The molecule has 1 N–H and O–H groups in total. The van der Waals surface area contributed by atoms with Gasteiger partial charge in [0.25, 0.3) is 0 Å². The fourth-order valence-corrected chi connectivity index (χ4v) is 3.13. The Morgan fingerprint density at radius 1 is 1.62 bits per heavy atom. The van der Waals surface area contributed by atoms with Gasteiger partial charge in [-0.2, -0.15) is 11.8 Å². The molecular formula is C11H21NS. The van der Waals surface area contributed by atoms with Crippen LogP contribution in [0.1, 0.15) is 33.6 Å². The van der Waals surface area contributed by atoms with Gasteiger partial charge in [0.05, 0.1) is 0 Å². The average molecular weight is 199 g/mol. The number of hydrogen-bond acceptors (Lipinski definition) is 2. The number of thioether (sulfide) groups is 1. The Labute approximate surface area is 86.4 Å². The third kappa shape index (κ3) is 3.74. The Bertz CT molecular complexity index is 167. The summed E-state index contributed by atoms with van der Waals surface area (Å²) in [5, 5.41) is 4.37. The molecule has 1 aliphatic rings. The van der Waals surface area contributed by atoms with Crippen LogP contribution in [0, 0.1) is 0 Å². The van der Waals surface area contributed by atoms with E-state index in [4.69, 9.17) is 0 Å². The van der Waals surface area contributed by atoms with Gasteiger partial charge in [-0.25, -0.2) is 0 Å². The van der Waals surface area contributed by atoms with Gasteiger partial charge in [-0.1, -0.05) is 18.6 Å². The summed E-state index contributed by atoms with van der Waals surface area (Å²) in [5.74, 6) is 1.35. The summed E-state index contributed by atoms with van der Waals surface area (Å²) < 4.78 is 0. The molecule has 1 fully saturated rings. The molecule has 1 aliphatic heterocycles. The molecule has 76 valence electrons. The third-order valence-corrected chi connectivity index (χ3v) is 3.80. The van der Waals surface area contributed by atoms with Crippen LogP contribution in [0.2, 0.25) is 0 Å². The Hall–Kier alpha value is 0.0500. The summed E-state index contributed by atoms with van der Waals surface area (Å²) in [6.07, 6.45) is 5.16. The van der Waals surface area contributed by atoms with Gasteiger partial charge in [0.1, 0.15) is 0 Å². The molecule has 0 aliphatic carbocycles. The quantitative estimate of drug-likeness (QED) is 0.699. The van der Waals surface area contributed by atoms with Crippen LogP contribution in [-0.4, -0.2) is 23.6 Å². The lowest BCUT2D eigenvalue weighted by Gasteiger charge is -2.20. The Morgan fingerprint density at radius 3 is 2.85 bits per heavy atom. The second-order valence-corrected chi connectivity index (χ2v) is 5.23. The van der Waals surface area contributed by atoms with Gasteiger partial charge in [-0.3, -0.25) is 0 Å². The maximum atomic E-state index is 3.56. The highest BCUT2D eigenvalue weighted by molar-refractivity contribution is 8.00. The van der Waals surface area contributed by atoms with Gasteiger partial charge >= 0.3 is 0 Å². The lowest BCUT2D eigenvalue weighted by atomic mass is 10.1. The first kappa shape index (κ1) is 11.1. The molecule has 0 aromatic rings. The highest BCUT2D eigenvalue weighted by atomic mass is 32.2. The lowest BCUT2D eigenvalue weighted by molar-refractivity contribution is 0.573. The molecule has 0 saturated carbocycles. The van der Waals surface area contributed by atoms with Crippen LogP contribution in [-0.2, 0) is 0 Å². The van der Waals surface area contributed by atoms with E-state index in [2.05, 4.69) is 43.9 Å². The summed E-state index contributed by atoms with van der Waals surface area (Å²) in [6, 6.07) is 0.600. The van der Waals surface area contributed by atoms with Crippen LogP contribution in [0.3, 0.4) is 0 Å². The van der Waals surface area contributed by atoms with Crippen LogP contribution in [0.5, 0.6) is 0 Å². The Morgan fingerprint density at radius 2 is 2.38 bits per heavy atom. The van der Waals surface area contributed by atoms with Crippen molar-refractivity contribution < 1.29 is 0 Å². The van der Waals surface area contributed by atoms with E-state index in [0.29, 0.717) is 6.04 Å². The normalized spacial score (nSPS) is 24.4. The number of nitrogens with one attached hydrogen (secondary N) is 1. The van der Waals surface area contributed by atoms with Gasteiger partial charge in [0.15, 0.2) is 0 Å². The number of allylic oxidation sites excluding steroid dienone is 1. The van der Waals surface area contributed by atoms with Crippen LogP contribution in [0.4, 0.5) is 0 Å². The molecule has 1 heterocycles. The molecular weight excluding hydrogens is 178 g/mol. The molecule has 0 aromatic heterocycles. The van der Waals surface area contributed by atoms with E-state index in [1.54, 1.807) is 0 Å². The topological polar surface area (TPSA) is 12.0 Å². The first-order chi connectivity index (χ1) is 6.24. The van der Waals surface area contributed by atoms with Gasteiger partial charge in [0, 0.05) is 11.3 Å². The lowest BCUT2D eigenvalue weighted by Crippen LogP contribution is -2.35. The summed E-state index contributed by atoms with van der Waals surface area (Å²) in [7, 11) is 0. The standard InChI is InChI=1S/C11H21NS/c1-4-12-10(8-9(2)3)11-6-5-7-13-11/h8,10-12H,4-7H2,1-3H3. The highest BCUT2D eigenvalue weighted by Crippen LogP contribution is 2.29. The second-order valence-electron chi connectivity index (χ2n) is 3.88. The van der Waals surface area contributed by atoms with Crippen molar-refractivity contribution >= 4 is 11.8 Å². The van der Waals surface area contributed by atoms with Gasteiger partial charge < -0.3 is 5.32 Å². The molecule has 0 aromatic carbocycles. The van der Waals surface area contributed by atoms with Crippen molar-refractivity contribution in [2.24, 2.45) is 0 Å². The van der Waals surface area contributed by atoms with E-state index in [1.165, 1.54) is 24.2 Å². The summed E-state index contributed by atoms with van der Waals surface area (Å²) >= 11 is 2.13. The minimum absolute atomic E-state index is 0.600. The molecule has 0 amide bonds. The molecule has 13 heavy (non-hydrogen) atoms. The predicted octanol–water partition coefficient (Wildman–Crippen LogP) is 2.83. The molecule has 1 nitrogen and oxygen atoms in total. The SMILES string of the molecule is CCNC(C=C(C)C)C1CCCS1. The summed E-state index contributed by atoms with van der Waals surface area (Å²) in [5.41, 5.74) is 1.43. The number of likely N-dealkylation sites (N-methyl/N-ethyl adjacent to an activating group) is 1. The van der Waals surface area contributed by atoms with Crippen LogP contribution >= 0.6 is 11.8 Å². The predicted molar refractivity (Wildman–Crippen MR) is 62.4 cm³/mol. The van der Waals surface area contributed by atoms with Crippen molar-refractivity contribution in [1.29, 1.82) is 0 Å². The maximum Gasteiger partial charge on any atom is 0.0372 e. The van der Waals surface area contributed by atoms with Crippen molar-refractivity contribution in [3.63, 3.8) is 0 Å². The van der Waals surface area contributed by atoms with Crippen LogP contribution < -0.4 is 5.32 Å². The average Bonchev–Trinajstić information content (AvgIpc) is 2.54. The van der Waals surface area contributed by atoms with Crippen molar-refractivity contribution in [2.45, 2.75) is 44.9 Å². The highest BCUT2D eigenvalue weighted by Gasteiger charge is 2.22. The monoisotopic (exact) mass is 199 g/mol. The first-order valence-electron chi connectivity index (χ1n) is 5.24. The zero-order chi connectivity index (χ0) is 9.68. The van der Waals surface area contributed by atoms with Crippen molar-refractivity contribution in [3.05, 3.63) is 11.6 Å². The smallest absolute Gasteiger partial charge is 0.0372 e. The molecule has 2 heteroatoms. The van der Waals surface area contributed by atoms with Crippen molar-refractivity contribution in [2.75, 3.05) is 12.3 Å². The van der Waals surface area contributed by atoms with Crippen LogP contribution in [0.25, 0.3) is 0 Å². The fraction of sp³-hybridized carbons (Fsp3) is 0.818. The molecule has 2 atom stereocenters. The van der Waals surface area contributed by atoms with E-state index in [9.17, 15) is 0 Å². The zero-order valence-electron chi connectivity index (χ0n) is 8.97. The van der Waals surface area contributed by atoms with E-state index in [0.717, 1.165) is 11.8 Å². The fourth-order valence-electron chi connectivity index (χ4n) is 1.78. The van der Waals surface area contributed by atoms with E-state index in [-0.39, 0.29) is 0 Å². The number of hydrogen-bond donors (Lipinski definition) is 1. The summed E-state index contributed by atoms with van der Waals surface area (Å²) in [4.78, 5) is 0. The van der Waals surface area contributed by atoms with Gasteiger partial charge in [-0.15, -0.1) is 0 Å². The van der Waals surface area contributed by atoms with E-state index < -0.39 is 0 Å². The molecule has 0 bridgehead atoms.